The molecule has 1 N–H and O–H groups in total. The number of carbonyl (C=O) groups is 1. The number of aromatic nitrogens is 2. The fourth-order valence-corrected chi connectivity index (χ4v) is 4.86. The number of nitrogens with one attached hydrogen (secondary N) is 1. The number of aryl methyl sites for hydroxylation is 2. The van der Waals surface area contributed by atoms with Gasteiger partial charge >= 0.3 is 0 Å². The zero-order chi connectivity index (χ0) is 19.4. The summed E-state index contributed by atoms with van der Waals surface area (Å²) in [6, 6.07) is 6.76. The van der Waals surface area contributed by atoms with E-state index < -0.39 is 10.0 Å². The molecule has 1 amide bonds. The first kappa shape index (κ1) is 19.3. The second kappa shape index (κ2) is 8.06. The van der Waals surface area contributed by atoms with Crippen molar-refractivity contribution in [1.82, 2.24) is 14.1 Å². The van der Waals surface area contributed by atoms with E-state index in [0.717, 1.165) is 25.0 Å². The third-order valence-corrected chi connectivity index (χ3v) is 6.69. The molecule has 27 heavy (non-hydrogen) atoms. The van der Waals surface area contributed by atoms with Gasteiger partial charge in [0.15, 0.2) is 0 Å². The molecule has 0 radical (unpaired) electrons. The Labute approximate surface area is 159 Å². The van der Waals surface area contributed by atoms with E-state index in [0.29, 0.717) is 24.3 Å². The fraction of sp³-hybridized carbons (Fsp3) is 0.368. The highest BCUT2D eigenvalue weighted by Gasteiger charge is 2.27. The third-order valence-electron chi connectivity index (χ3n) is 4.65. The van der Waals surface area contributed by atoms with E-state index in [2.05, 4.69) is 10.4 Å². The smallest absolute Gasteiger partial charge is 0.248 e. The Kier molecular flexibility index (Phi) is 5.76. The molecule has 1 aromatic carbocycles. The molecule has 3 rings (SSSR count). The molecule has 1 aromatic heterocycles. The normalized spacial score (nSPS) is 15.9. The molecule has 0 unspecified atom stereocenters. The molecule has 7 nitrogen and oxygen atoms in total. The van der Waals surface area contributed by atoms with E-state index >= 15 is 0 Å². The van der Waals surface area contributed by atoms with Gasteiger partial charge in [0, 0.05) is 38.1 Å². The van der Waals surface area contributed by atoms with Gasteiger partial charge in [0.1, 0.15) is 0 Å². The van der Waals surface area contributed by atoms with Crippen molar-refractivity contribution in [1.29, 1.82) is 0 Å². The molecule has 2 aromatic rings. The minimum absolute atomic E-state index is 0.248. The summed E-state index contributed by atoms with van der Waals surface area (Å²) < 4.78 is 29.1. The zero-order valence-corrected chi connectivity index (χ0v) is 16.4. The van der Waals surface area contributed by atoms with Gasteiger partial charge in [0.25, 0.3) is 0 Å². The zero-order valence-electron chi connectivity index (χ0n) is 15.6. The van der Waals surface area contributed by atoms with Crippen molar-refractivity contribution in [3.05, 3.63) is 47.8 Å². The summed E-state index contributed by atoms with van der Waals surface area (Å²) in [4.78, 5) is 12.4. The number of carbonyl (C=O) groups excluding carboxylic acids is 1. The number of benzene rings is 1. The van der Waals surface area contributed by atoms with Crippen LogP contribution in [0.3, 0.4) is 0 Å². The highest BCUT2D eigenvalue weighted by molar-refractivity contribution is 7.89. The lowest BCUT2D eigenvalue weighted by Gasteiger charge is -2.26. The Morgan fingerprint density at radius 1 is 1.19 bits per heavy atom. The summed E-state index contributed by atoms with van der Waals surface area (Å²) >= 11 is 0. The van der Waals surface area contributed by atoms with Crippen LogP contribution in [0.1, 0.15) is 30.5 Å². The molecule has 1 aliphatic rings. The highest BCUT2D eigenvalue weighted by Crippen LogP contribution is 2.26. The molecule has 0 spiro atoms. The summed E-state index contributed by atoms with van der Waals surface area (Å²) in [5.41, 5.74) is 1.92. The molecular formula is C19H24N4O3S. The minimum atomic E-state index is -3.55. The van der Waals surface area contributed by atoms with Crippen molar-refractivity contribution in [2.24, 2.45) is 7.05 Å². The van der Waals surface area contributed by atoms with Crippen molar-refractivity contribution in [3.63, 3.8) is 0 Å². The van der Waals surface area contributed by atoms with E-state index in [1.165, 1.54) is 16.4 Å². The molecule has 144 valence electrons. The lowest BCUT2D eigenvalue weighted by Crippen LogP contribution is -2.36. The average molecular weight is 388 g/mol. The summed E-state index contributed by atoms with van der Waals surface area (Å²) in [6.07, 6.45) is 7.53. The van der Waals surface area contributed by atoms with E-state index in [-0.39, 0.29) is 10.8 Å². The Bertz CT molecular complexity index is 957. The van der Waals surface area contributed by atoms with Gasteiger partial charge in [-0.05, 0) is 49.6 Å². The minimum Gasteiger partial charge on any atom is -0.322 e. The maximum atomic E-state index is 13.0. The number of hydrogen-bond donors (Lipinski definition) is 1. The van der Waals surface area contributed by atoms with E-state index in [9.17, 15) is 13.2 Å². The van der Waals surface area contributed by atoms with Gasteiger partial charge < -0.3 is 5.32 Å². The Morgan fingerprint density at radius 2 is 1.93 bits per heavy atom. The maximum Gasteiger partial charge on any atom is 0.248 e. The molecule has 2 heterocycles. The molecule has 0 aliphatic carbocycles. The highest BCUT2D eigenvalue weighted by atomic mass is 32.2. The third kappa shape index (κ3) is 4.45. The van der Waals surface area contributed by atoms with Crippen LogP contribution in [0.25, 0.3) is 6.08 Å². The first-order valence-corrected chi connectivity index (χ1v) is 10.4. The lowest BCUT2D eigenvalue weighted by molar-refractivity contribution is -0.111. The number of nitrogens with zero attached hydrogens (tertiary/aromatic N) is 3. The number of amides is 1. The summed E-state index contributed by atoms with van der Waals surface area (Å²) in [6.45, 7) is 2.86. The number of hydrogen-bond acceptors (Lipinski definition) is 4. The topological polar surface area (TPSA) is 84.3 Å². The molecule has 8 heteroatoms. The number of piperidine rings is 1. The van der Waals surface area contributed by atoms with Gasteiger partial charge in [-0.25, -0.2) is 8.42 Å². The predicted octanol–water partition coefficient (Wildman–Crippen LogP) is 2.56. The van der Waals surface area contributed by atoms with Crippen molar-refractivity contribution >= 4 is 27.7 Å². The van der Waals surface area contributed by atoms with Crippen LogP contribution in [-0.4, -0.2) is 41.5 Å². The fourth-order valence-electron chi connectivity index (χ4n) is 3.09. The van der Waals surface area contributed by atoms with Crippen molar-refractivity contribution in [3.8, 4) is 0 Å². The van der Waals surface area contributed by atoms with Gasteiger partial charge in [-0.15, -0.1) is 0 Å². The van der Waals surface area contributed by atoms with Gasteiger partial charge in [0.05, 0.1) is 10.6 Å². The van der Waals surface area contributed by atoms with Crippen LogP contribution in [-0.2, 0) is 21.9 Å². The molecule has 0 atom stereocenters. The van der Waals surface area contributed by atoms with Crippen LogP contribution in [0.4, 0.5) is 5.69 Å². The summed E-state index contributed by atoms with van der Waals surface area (Å²) in [7, 11) is -1.76. The van der Waals surface area contributed by atoms with Crippen LogP contribution >= 0.6 is 0 Å². The largest absolute Gasteiger partial charge is 0.322 e. The van der Waals surface area contributed by atoms with Crippen LogP contribution in [0.2, 0.25) is 0 Å². The van der Waals surface area contributed by atoms with Crippen LogP contribution < -0.4 is 5.32 Å². The second-order valence-corrected chi connectivity index (χ2v) is 8.55. The van der Waals surface area contributed by atoms with E-state index in [1.807, 2.05) is 0 Å². The average Bonchev–Trinajstić information content (AvgIpc) is 3.07. The van der Waals surface area contributed by atoms with E-state index in [4.69, 9.17) is 0 Å². The summed E-state index contributed by atoms with van der Waals surface area (Å²) in [5, 5.41) is 6.76. The SMILES string of the molecule is Cc1ccc(NC(=O)/C=C/c2ccnn2C)cc1S(=O)(=O)N1CCCCC1. The Morgan fingerprint density at radius 3 is 2.59 bits per heavy atom. The van der Waals surface area contributed by atoms with Crippen molar-refractivity contribution in [2.45, 2.75) is 31.1 Å². The number of rotatable bonds is 5. The van der Waals surface area contributed by atoms with Crippen LogP contribution in [0.15, 0.2) is 41.4 Å². The molecule has 0 bridgehead atoms. The maximum absolute atomic E-state index is 13.0. The van der Waals surface area contributed by atoms with Gasteiger partial charge in [-0.3, -0.25) is 9.48 Å². The lowest BCUT2D eigenvalue weighted by atomic mass is 10.2. The number of anilines is 1. The van der Waals surface area contributed by atoms with Gasteiger partial charge in [-0.1, -0.05) is 12.5 Å². The quantitative estimate of drug-likeness (QED) is 0.798. The van der Waals surface area contributed by atoms with E-state index in [1.54, 1.807) is 49.1 Å². The monoisotopic (exact) mass is 388 g/mol. The summed E-state index contributed by atoms with van der Waals surface area (Å²) in [5.74, 6) is -0.332. The van der Waals surface area contributed by atoms with Crippen LogP contribution in [0.5, 0.6) is 0 Å². The Balaban J connectivity index is 1.77. The molecule has 1 saturated heterocycles. The molecule has 1 aliphatic heterocycles. The second-order valence-electron chi connectivity index (χ2n) is 6.65. The molecule has 1 fully saturated rings. The molecular weight excluding hydrogens is 364 g/mol. The van der Waals surface area contributed by atoms with Gasteiger partial charge in [0.2, 0.25) is 15.9 Å². The van der Waals surface area contributed by atoms with Crippen molar-refractivity contribution < 1.29 is 13.2 Å². The standard InChI is InChI=1S/C19H24N4O3S/c1-15-6-7-16(21-19(24)9-8-17-10-11-20-22(17)2)14-18(15)27(25,26)23-12-4-3-5-13-23/h6-11,14H,3-5,12-13H2,1-2H3,(H,21,24)/b9-8+. The van der Waals surface area contributed by atoms with Crippen LogP contribution in [0, 0.1) is 6.92 Å². The molecule has 0 saturated carbocycles. The first-order chi connectivity index (χ1) is 12.9. The van der Waals surface area contributed by atoms with Gasteiger partial charge in [-0.2, -0.15) is 9.40 Å². The first-order valence-electron chi connectivity index (χ1n) is 8.96. The number of sulfonamides is 1. The predicted molar refractivity (Wildman–Crippen MR) is 105 cm³/mol. The van der Waals surface area contributed by atoms with Crippen molar-refractivity contribution in [2.75, 3.05) is 18.4 Å². The Hall–Kier alpha value is -2.45.